The molecule has 0 aliphatic carbocycles. The molecule has 0 saturated carbocycles. The Bertz CT molecular complexity index is 671. The highest BCUT2D eigenvalue weighted by molar-refractivity contribution is 5.92. The minimum Gasteiger partial charge on any atom is -0.508 e. The maximum atomic E-state index is 9.61. The van der Waals surface area contributed by atoms with Gasteiger partial charge >= 0.3 is 0 Å². The third kappa shape index (κ3) is 1.56. The molecule has 0 spiro atoms. The molecule has 17 heavy (non-hydrogen) atoms. The standard InChI is InChI=1S/C14H11NO2/c1-9-7-11-13(8-12(9)16)17-15-14(11)10-5-3-2-4-6-10/h2-8,16H,1H3. The first-order valence-electron chi connectivity index (χ1n) is 5.40. The second kappa shape index (κ2) is 3.63. The molecular formula is C14H11NO2. The van der Waals surface area contributed by atoms with E-state index in [-0.39, 0.29) is 5.75 Å². The molecule has 0 aliphatic heterocycles. The summed E-state index contributed by atoms with van der Waals surface area (Å²) in [6.45, 7) is 1.86. The van der Waals surface area contributed by atoms with Gasteiger partial charge in [0.2, 0.25) is 0 Å². The fourth-order valence-corrected chi connectivity index (χ4v) is 1.89. The van der Waals surface area contributed by atoms with Gasteiger partial charge in [0.05, 0.1) is 5.39 Å². The average Bonchev–Trinajstić information content (AvgIpc) is 2.74. The van der Waals surface area contributed by atoms with Crippen molar-refractivity contribution in [3.05, 3.63) is 48.0 Å². The highest BCUT2D eigenvalue weighted by atomic mass is 16.5. The van der Waals surface area contributed by atoms with Crippen LogP contribution in [-0.4, -0.2) is 10.3 Å². The van der Waals surface area contributed by atoms with Gasteiger partial charge in [0, 0.05) is 11.6 Å². The van der Waals surface area contributed by atoms with Crippen LogP contribution in [-0.2, 0) is 0 Å². The predicted octanol–water partition coefficient (Wildman–Crippen LogP) is 3.51. The van der Waals surface area contributed by atoms with Crippen molar-refractivity contribution in [3.8, 4) is 17.0 Å². The van der Waals surface area contributed by atoms with Crippen molar-refractivity contribution < 1.29 is 9.63 Å². The van der Waals surface area contributed by atoms with Gasteiger partial charge in [-0.3, -0.25) is 0 Å². The zero-order valence-electron chi connectivity index (χ0n) is 9.34. The molecule has 1 heterocycles. The largest absolute Gasteiger partial charge is 0.508 e. The van der Waals surface area contributed by atoms with Gasteiger partial charge in [-0.2, -0.15) is 0 Å². The summed E-state index contributed by atoms with van der Waals surface area (Å²) >= 11 is 0. The van der Waals surface area contributed by atoms with Gasteiger partial charge in [0.1, 0.15) is 11.4 Å². The van der Waals surface area contributed by atoms with Crippen LogP contribution in [0.4, 0.5) is 0 Å². The lowest BCUT2D eigenvalue weighted by Crippen LogP contribution is -1.79. The highest BCUT2D eigenvalue weighted by Gasteiger charge is 2.11. The van der Waals surface area contributed by atoms with Crippen molar-refractivity contribution in [2.24, 2.45) is 0 Å². The molecule has 0 aliphatic rings. The Kier molecular flexibility index (Phi) is 2.11. The van der Waals surface area contributed by atoms with Gasteiger partial charge < -0.3 is 9.63 Å². The Hall–Kier alpha value is -2.29. The summed E-state index contributed by atoms with van der Waals surface area (Å²) < 4.78 is 5.23. The monoisotopic (exact) mass is 225 g/mol. The Morgan fingerprint density at radius 1 is 1.12 bits per heavy atom. The normalized spacial score (nSPS) is 10.9. The van der Waals surface area contributed by atoms with Gasteiger partial charge in [-0.15, -0.1) is 0 Å². The van der Waals surface area contributed by atoms with E-state index in [1.165, 1.54) is 0 Å². The second-order valence-corrected chi connectivity index (χ2v) is 4.03. The molecule has 3 rings (SSSR count). The molecule has 0 saturated heterocycles. The molecule has 0 fully saturated rings. The van der Waals surface area contributed by atoms with Crippen molar-refractivity contribution in [2.45, 2.75) is 6.92 Å². The van der Waals surface area contributed by atoms with Crippen LogP contribution >= 0.6 is 0 Å². The number of fused-ring (bicyclic) bond motifs is 1. The third-order valence-corrected chi connectivity index (χ3v) is 2.84. The molecule has 0 bridgehead atoms. The Morgan fingerprint density at radius 3 is 2.65 bits per heavy atom. The first kappa shape index (κ1) is 9.90. The number of hydrogen-bond donors (Lipinski definition) is 1. The summed E-state index contributed by atoms with van der Waals surface area (Å²) in [5.74, 6) is 0.230. The quantitative estimate of drug-likeness (QED) is 0.689. The SMILES string of the molecule is Cc1cc2c(-c3ccccc3)noc2cc1O. The summed E-state index contributed by atoms with van der Waals surface area (Å²) in [6.07, 6.45) is 0. The van der Waals surface area contributed by atoms with Crippen LogP contribution in [0, 0.1) is 6.92 Å². The predicted molar refractivity (Wildman–Crippen MR) is 65.8 cm³/mol. The Balaban J connectivity index is 2.29. The topological polar surface area (TPSA) is 46.3 Å². The van der Waals surface area contributed by atoms with Gasteiger partial charge in [0.15, 0.2) is 5.58 Å². The first-order chi connectivity index (χ1) is 8.25. The summed E-state index contributed by atoms with van der Waals surface area (Å²) in [6, 6.07) is 13.3. The first-order valence-corrected chi connectivity index (χ1v) is 5.40. The summed E-state index contributed by atoms with van der Waals surface area (Å²) in [5.41, 5.74) is 3.24. The van der Waals surface area contributed by atoms with Crippen molar-refractivity contribution in [1.82, 2.24) is 5.16 Å². The molecule has 3 aromatic rings. The number of phenolic OH excluding ortho intramolecular Hbond substituents is 1. The van der Waals surface area contributed by atoms with E-state index in [4.69, 9.17) is 4.52 Å². The smallest absolute Gasteiger partial charge is 0.171 e. The molecule has 2 aromatic carbocycles. The zero-order chi connectivity index (χ0) is 11.8. The van der Waals surface area contributed by atoms with Gasteiger partial charge in [0.25, 0.3) is 0 Å². The minimum absolute atomic E-state index is 0.230. The van der Waals surface area contributed by atoms with Crippen molar-refractivity contribution in [1.29, 1.82) is 0 Å². The molecule has 0 atom stereocenters. The number of aromatic nitrogens is 1. The number of benzene rings is 2. The third-order valence-electron chi connectivity index (χ3n) is 2.84. The van der Waals surface area contributed by atoms with E-state index in [9.17, 15) is 5.11 Å². The number of aryl methyl sites for hydroxylation is 1. The van der Waals surface area contributed by atoms with Crippen LogP contribution in [0.2, 0.25) is 0 Å². The van der Waals surface area contributed by atoms with Crippen LogP contribution in [0.5, 0.6) is 5.75 Å². The fourth-order valence-electron chi connectivity index (χ4n) is 1.89. The van der Waals surface area contributed by atoms with Gasteiger partial charge in [-0.1, -0.05) is 35.5 Å². The maximum Gasteiger partial charge on any atom is 0.171 e. The Labute approximate surface area is 98.3 Å². The van der Waals surface area contributed by atoms with E-state index in [0.717, 1.165) is 22.2 Å². The molecule has 3 nitrogen and oxygen atoms in total. The van der Waals surface area contributed by atoms with Crippen LogP contribution in [0.3, 0.4) is 0 Å². The van der Waals surface area contributed by atoms with E-state index in [1.807, 2.05) is 43.3 Å². The summed E-state index contributed by atoms with van der Waals surface area (Å²) in [4.78, 5) is 0. The maximum absolute atomic E-state index is 9.61. The lowest BCUT2D eigenvalue weighted by atomic mass is 10.1. The molecule has 84 valence electrons. The molecule has 1 aromatic heterocycles. The van der Waals surface area contributed by atoms with E-state index < -0.39 is 0 Å². The van der Waals surface area contributed by atoms with Crippen molar-refractivity contribution in [3.63, 3.8) is 0 Å². The molecular weight excluding hydrogens is 214 g/mol. The fraction of sp³-hybridized carbons (Fsp3) is 0.0714. The average molecular weight is 225 g/mol. The lowest BCUT2D eigenvalue weighted by molar-refractivity contribution is 0.450. The Morgan fingerprint density at radius 2 is 1.88 bits per heavy atom. The van der Waals surface area contributed by atoms with E-state index in [2.05, 4.69) is 5.16 Å². The number of aromatic hydroxyl groups is 1. The zero-order valence-corrected chi connectivity index (χ0v) is 9.34. The number of hydrogen-bond acceptors (Lipinski definition) is 3. The molecule has 0 radical (unpaired) electrons. The van der Waals surface area contributed by atoms with Crippen LogP contribution in [0.25, 0.3) is 22.2 Å². The van der Waals surface area contributed by atoms with Crippen LogP contribution in [0.15, 0.2) is 47.0 Å². The second-order valence-electron chi connectivity index (χ2n) is 4.03. The number of nitrogens with zero attached hydrogens (tertiary/aromatic N) is 1. The molecule has 1 N–H and O–H groups in total. The summed E-state index contributed by atoms with van der Waals surface area (Å²) in [5, 5.41) is 14.6. The number of rotatable bonds is 1. The molecule has 3 heteroatoms. The molecule has 0 amide bonds. The lowest BCUT2D eigenvalue weighted by Gasteiger charge is -1.98. The van der Waals surface area contributed by atoms with Crippen molar-refractivity contribution >= 4 is 11.0 Å². The molecule has 0 unspecified atom stereocenters. The van der Waals surface area contributed by atoms with E-state index in [0.29, 0.717) is 5.58 Å². The van der Waals surface area contributed by atoms with Gasteiger partial charge in [-0.05, 0) is 18.6 Å². The van der Waals surface area contributed by atoms with E-state index >= 15 is 0 Å². The highest BCUT2D eigenvalue weighted by Crippen LogP contribution is 2.31. The van der Waals surface area contributed by atoms with Crippen molar-refractivity contribution in [2.75, 3.05) is 0 Å². The van der Waals surface area contributed by atoms with Crippen LogP contribution < -0.4 is 0 Å². The van der Waals surface area contributed by atoms with Gasteiger partial charge in [-0.25, -0.2) is 0 Å². The summed E-state index contributed by atoms with van der Waals surface area (Å²) in [7, 11) is 0. The number of phenols is 1. The minimum atomic E-state index is 0.230. The van der Waals surface area contributed by atoms with Crippen LogP contribution in [0.1, 0.15) is 5.56 Å². The van der Waals surface area contributed by atoms with E-state index in [1.54, 1.807) is 6.07 Å².